The first-order valence-corrected chi connectivity index (χ1v) is 11.1. The molecule has 2 aliphatic rings. The van der Waals surface area contributed by atoms with Crippen LogP contribution in [-0.2, 0) is 13.0 Å². The Labute approximate surface area is 189 Å². The molecule has 1 fully saturated rings. The summed E-state index contributed by atoms with van der Waals surface area (Å²) in [6.45, 7) is 6.79. The second-order valence-corrected chi connectivity index (χ2v) is 8.49. The third-order valence-corrected chi connectivity index (χ3v) is 6.18. The van der Waals surface area contributed by atoms with Crippen molar-refractivity contribution in [3.8, 4) is 11.5 Å². The molecule has 32 heavy (non-hydrogen) atoms. The highest BCUT2D eigenvalue weighted by molar-refractivity contribution is 5.91. The van der Waals surface area contributed by atoms with Crippen LogP contribution in [0.3, 0.4) is 0 Å². The van der Waals surface area contributed by atoms with Crippen LogP contribution >= 0.6 is 0 Å². The molecule has 7 heteroatoms. The summed E-state index contributed by atoms with van der Waals surface area (Å²) < 4.78 is 11.7. The van der Waals surface area contributed by atoms with E-state index in [1.165, 1.54) is 5.56 Å². The van der Waals surface area contributed by atoms with Gasteiger partial charge in [-0.3, -0.25) is 10.8 Å². The first-order chi connectivity index (χ1) is 15.4. The Bertz CT molecular complexity index is 1010. The maximum Gasteiger partial charge on any atom is 0.343 e. The molecule has 1 saturated heterocycles. The Morgan fingerprint density at radius 1 is 0.875 bits per heavy atom. The van der Waals surface area contributed by atoms with Gasteiger partial charge in [-0.05, 0) is 67.8 Å². The van der Waals surface area contributed by atoms with Gasteiger partial charge in [0.15, 0.2) is 0 Å². The van der Waals surface area contributed by atoms with E-state index in [9.17, 15) is 4.79 Å². The van der Waals surface area contributed by atoms with Crippen LogP contribution in [-0.4, -0.2) is 53.2 Å². The highest BCUT2D eigenvalue weighted by Crippen LogP contribution is 2.25. The van der Waals surface area contributed by atoms with E-state index in [-0.39, 0.29) is 6.10 Å². The lowest BCUT2D eigenvalue weighted by atomic mass is 9.99. The molecule has 2 heterocycles. The summed E-state index contributed by atoms with van der Waals surface area (Å²) in [6, 6.07) is 12.8. The number of carbonyl (C=O) groups is 1. The van der Waals surface area contributed by atoms with E-state index in [0.717, 1.165) is 50.2 Å². The lowest BCUT2D eigenvalue weighted by Crippen LogP contribution is -2.40. The van der Waals surface area contributed by atoms with Gasteiger partial charge in [-0.1, -0.05) is 6.07 Å². The molecule has 7 nitrogen and oxygen atoms in total. The van der Waals surface area contributed by atoms with Crippen molar-refractivity contribution >= 4 is 17.6 Å². The molecule has 0 aromatic heterocycles. The van der Waals surface area contributed by atoms with Crippen molar-refractivity contribution in [1.82, 2.24) is 9.80 Å². The summed E-state index contributed by atoms with van der Waals surface area (Å²) in [6.07, 6.45) is 2.78. The number of nitrogens with zero attached hydrogens (tertiary/aromatic N) is 2. The molecule has 0 atom stereocenters. The second kappa shape index (κ2) is 9.42. The second-order valence-electron chi connectivity index (χ2n) is 8.49. The third kappa shape index (κ3) is 5.10. The standard InChI is InChI=1S/C25H30N4O3/c1-17(26)28-13-10-23(11-14-28)31-22-6-4-20(5-7-22)25(30)32-24-8-3-19-9-12-29(18(2)27)16-21(19)15-24/h3-8,15,23,26-27H,9-14,16H2,1-2H3. The van der Waals surface area contributed by atoms with E-state index in [2.05, 4.69) is 4.90 Å². The van der Waals surface area contributed by atoms with Crippen LogP contribution in [0.25, 0.3) is 0 Å². The molecule has 0 bridgehead atoms. The number of hydrogen-bond donors (Lipinski definition) is 2. The highest BCUT2D eigenvalue weighted by atomic mass is 16.5. The van der Waals surface area contributed by atoms with E-state index in [0.29, 0.717) is 29.5 Å². The Morgan fingerprint density at radius 2 is 1.53 bits per heavy atom. The zero-order valence-electron chi connectivity index (χ0n) is 18.7. The van der Waals surface area contributed by atoms with E-state index in [4.69, 9.17) is 20.3 Å². The van der Waals surface area contributed by atoms with Crippen LogP contribution in [0.2, 0.25) is 0 Å². The van der Waals surface area contributed by atoms with Crippen LogP contribution in [0, 0.1) is 10.8 Å². The minimum Gasteiger partial charge on any atom is -0.490 e. The molecule has 0 radical (unpaired) electrons. The molecular formula is C25H30N4O3. The number of carbonyl (C=O) groups excluding carboxylic acids is 1. The van der Waals surface area contributed by atoms with Crippen molar-refractivity contribution in [2.75, 3.05) is 19.6 Å². The van der Waals surface area contributed by atoms with Crippen molar-refractivity contribution in [3.05, 3.63) is 59.2 Å². The molecule has 2 aliphatic heterocycles. The van der Waals surface area contributed by atoms with Gasteiger partial charge in [-0.15, -0.1) is 0 Å². The van der Waals surface area contributed by atoms with Crippen molar-refractivity contribution in [2.45, 2.75) is 45.8 Å². The fraction of sp³-hybridized carbons (Fsp3) is 0.400. The monoisotopic (exact) mass is 434 g/mol. The molecule has 4 rings (SSSR count). The molecule has 0 unspecified atom stereocenters. The molecule has 0 aliphatic carbocycles. The number of benzene rings is 2. The maximum atomic E-state index is 12.6. The number of esters is 1. The Balaban J connectivity index is 1.34. The molecule has 0 spiro atoms. The van der Waals surface area contributed by atoms with Gasteiger partial charge >= 0.3 is 5.97 Å². The highest BCUT2D eigenvalue weighted by Gasteiger charge is 2.21. The van der Waals surface area contributed by atoms with Crippen LogP contribution < -0.4 is 9.47 Å². The van der Waals surface area contributed by atoms with Gasteiger partial charge < -0.3 is 19.3 Å². The first-order valence-electron chi connectivity index (χ1n) is 11.1. The van der Waals surface area contributed by atoms with Gasteiger partial charge in [0, 0.05) is 39.0 Å². The summed E-state index contributed by atoms with van der Waals surface area (Å²) in [5.41, 5.74) is 2.81. The van der Waals surface area contributed by atoms with Crippen LogP contribution in [0.15, 0.2) is 42.5 Å². The lowest BCUT2D eigenvalue weighted by molar-refractivity contribution is 0.0734. The van der Waals surface area contributed by atoms with Crippen molar-refractivity contribution in [3.63, 3.8) is 0 Å². The van der Waals surface area contributed by atoms with Gasteiger partial charge in [0.1, 0.15) is 17.6 Å². The van der Waals surface area contributed by atoms with E-state index >= 15 is 0 Å². The Morgan fingerprint density at radius 3 is 2.19 bits per heavy atom. The van der Waals surface area contributed by atoms with Gasteiger partial charge in [0.05, 0.1) is 17.2 Å². The number of piperidine rings is 1. The first kappa shape index (κ1) is 21.9. The minimum atomic E-state index is -0.401. The van der Waals surface area contributed by atoms with Gasteiger partial charge in [-0.2, -0.15) is 0 Å². The molecule has 168 valence electrons. The summed E-state index contributed by atoms with van der Waals surface area (Å²) >= 11 is 0. The maximum absolute atomic E-state index is 12.6. The van der Waals surface area contributed by atoms with Crippen molar-refractivity contribution in [1.29, 1.82) is 10.8 Å². The number of rotatable bonds is 4. The average Bonchev–Trinajstić information content (AvgIpc) is 2.79. The van der Waals surface area contributed by atoms with Crippen LogP contribution in [0.4, 0.5) is 0 Å². The normalized spacial score (nSPS) is 16.3. The number of amidine groups is 2. The number of likely N-dealkylation sites (tertiary alicyclic amines) is 1. The molecular weight excluding hydrogens is 404 g/mol. The van der Waals surface area contributed by atoms with E-state index in [1.807, 2.05) is 42.2 Å². The van der Waals surface area contributed by atoms with E-state index in [1.54, 1.807) is 19.1 Å². The molecule has 0 amide bonds. The fourth-order valence-electron chi connectivity index (χ4n) is 4.22. The molecule has 2 aromatic carbocycles. The zero-order chi connectivity index (χ0) is 22.7. The Hall–Kier alpha value is -3.35. The van der Waals surface area contributed by atoms with Gasteiger partial charge in [0.25, 0.3) is 0 Å². The molecule has 0 saturated carbocycles. The van der Waals surface area contributed by atoms with Gasteiger partial charge in [-0.25, -0.2) is 4.79 Å². The summed E-state index contributed by atoms with van der Waals surface area (Å²) in [7, 11) is 0. The SMILES string of the molecule is CC(=N)N1CCC(Oc2ccc(C(=O)Oc3ccc4c(c3)CN(C(C)=N)CC4)cc2)CC1. The van der Waals surface area contributed by atoms with E-state index < -0.39 is 5.97 Å². The van der Waals surface area contributed by atoms with Crippen molar-refractivity contribution < 1.29 is 14.3 Å². The lowest BCUT2D eigenvalue weighted by Gasteiger charge is -2.32. The topological polar surface area (TPSA) is 89.7 Å². The molecule has 2 N–H and O–H groups in total. The molecule has 2 aromatic rings. The average molecular weight is 435 g/mol. The smallest absolute Gasteiger partial charge is 0.343 e. The summed E-state index contributed by atoms with van der Waals surface area (Å²) in [5.74, 6) is 2.01. The number of nitrogens with one attached hydrogen (secondary N) is 2. The van der Waals surface area contributed by atoms with Gasteiger partial charge in [0.2, 0.25) is 0 Å². The fourth-order valence-corrected chi connectivity index (χ4v) is 4.22. The third-order valence-electron chi connectivity index (χ3n) is 6.18. The minimum absolute atomic E-state index is 0.128. The largest absolute Gasteiger partial charge is 0.490 e. The zero-order valence-corrected chi connectivity index (χ0v) is 18.7. The quantitative estimate of drug-likeness (QED) is 0.327. The summed E-state index contributed by atoms with van der Waals surface area (Å²) in [4.78, 5) is 16.7. The van der Waals surface area contributed by atoms with Crippen molar-refractivity contribution in [2.24, 2.45) is 0 Å². The predicted octanol–water partition coefficient (Wildman–Crippen LogP) is 4.10. The van der Waals surface area contributed by atoms with Crippen LogP contribution in [0.1, 0.15) is 48.2 Å². The number of ether oxygens (including phenoxy) is 2. The predicted molar refractivity (Wildman–Crippen MR) is 124 cm³/mol. The number of hydrogen-bond acceptors (Lipinski definition) is 5. The Kier molecular flexibility index (Phi) is 6.44. The summed E-state index contributed by atoms with van der Waals surface area (Å²) in [5, 5.41) is 15.6. The van der Waals surface area contributed by atoms with Crippen LogP contribution in [0.5, 0.6) is 11.5 Å². The number of fused-ring (bicyclic) bond motifs is 1.